The smallest absolute Gasteiger partial charge is 0.349 e. The molecule has 0 N–H and O–H groups in total. The van der Waals surface area contributed by atoms with Crippen LogP contribution in [0.15, 0.2) is 56.2 Å². The van der Waals surface area contributed by atoms with Gasteiger partial charge in [0.05, 0.1) is 21.3 Å². The molecule has 2 aromatic carbocycles. The third-order valence-electron chi connectivity index (χ3n) is 4.22. The zero-order valence-corrected chi connectivity index (χ0v) is 15.4. The molecule has 28 heavy (non-hydrogen) atoms. The predicted octanol–water partition coefficient (Wildman–Crippen LogP) is 3.54. The van der Waals surface area contributed by atoms with Crippen LogP contribution in [0.1, 0.15) is 0 Å². The van der Waals surface area contributed by atoms with Gasteiger partial charge in [0.1, 0.15) is 11.1 Å². The van der Waals surface area contributed by atoms with E-state index < -0.39 is 5.63 Å². The van der Waals surface area contributed by atoms with E-state index in [0.717, 1.165) is 5.39 Å². The van der Waals surface area contributed by atoms with Crippen LogP contribution in [0.5, 0.6) is 17.2 Å². The Morgan fingerprint density at radius 3 is 2.32 bits per heavy atom. The fraction of sp³-hybridized carbons (Fsp3) is 0.150. The zero-order chi connectivity index (χ0) is 19.7. The van der Waals surface area contributed by atoms with Crippen LogP contribution in [0.25, 0.3) is 33.8 Å². The van der Waals surface area contributed by atoms with Gasteiger partial charge in [-0.1, -0.05) is 23.4 Å². The number of aromatic nitrogens is 2. The van der Waals surface area contributed by atoms with Crippen LogP contribution >= 0.6 is 0 Å². The third-order valence-corrected chi connectivity index (χ3v) is 4.22. The highest BCUT2D eigenvalue weighted by atomic mass is 16.5. The van der Waals surface area contributed by atoms with Crippen LogP contribution in [-0.2, 0) is 0 Å². The molecule has 0 amide bonds. The molecule has 2 heterocycles. The van der Waals surface area contributed by atoms with Crippen LogP contribution in [0.2, 0.25) is 0 Å². The fourth-order valence-electron chi connectivity index (χ4n) is 2.87. The van der Waals surface area contributed by atoms with E-state index in [4.69, 9.17) is 23.2 Å². The Kier molecular flexibility index (Phi) is 4.44. The van der Waals surface area contributed by atoms with Crippen molar-refractivity contribution in [3.8, 4) is 40.1 Å². The topological polar surface area (TPSA) is 96.8 Å². The minimum Gasteiger partial charge on any atom is -0.493 e. The standard InChI is InChI=1S/C20H16N2O6/c1-24-15-9-12(10-16(25-2)17(15)26-3)18-21-19(28-22-18)13-8-11-6-4-5-7-14(11)27-20(13)23/h4-10H,1-3H3. The Bertz CT molecular complexity index is 1190. The summed E-state index contributed by atoms with van der Waals surface area (Å²) in [5.41, 5.74) is 0.693. The number of methoxy groups -OCH3 is 3. The van der Waals surface area contributed by atoms with Crippen LogP contribution in [0, 0.1) is 0 Å². The van der Waals surface area contributed by atoms with Gasteiger partial charge in [-0.3, -0.25) is 0 Å². The van der Waals surface area contributed by atoms with Crippen LogP contribution in [0.3, 0.4) is 0 Å². The fourth-order valence-corrected chi connectivity index (χ4v) is 2.87. The van der Waals surface area contributed by atoms with E-state index >= 15 is 0 Å². The second kappa shape index (κ2) is 7.07. The molecule has 8 heteroatoms. The maximum atomic E-state index is 12.3. The van der Waals surface area contributed by atoms with E-state index in [2.05, 4.69) is 10.1 Å². The number of hydrogen-bond donors (Lipinski definition) is 0. The van der Waals surface area contributed by atoms with Crippen molar-refractivity contribution < 1.29 is 23.2 Å². The SMILES string of the molecule is COc1cc(-c2noc(-c3cc4ccccc4oc3=O)n2)cc(OC)c1OC. The molecule has 0 spiro atoms. The van der Waals surface area contributed by atoms with Crippen LogP contribution in [0.4, 0.5) is 0 Å². The second-order valence-corrected chi connectivity index (χ2v) is 5.82. The number of hydrogen-bond acceptors (Lipinski definition) is 8. The maximum Gasteiger partial charge on any atom is 0.349 e. The molecule has 0 unspecified atom stereocenters. The van der Waals surface area contributed by atoms with Crippen molar-refractivity contribution in [1.82, 2.24) is 10.1 Å². The van der Waals surface area contributed by atoms with E-state index in [-0.39, 0.29) is 17.3 Å². The van der Waals surface area contributed by atoms with E-state index in [1.54, 1.807) is 30.3 Å². The Labute approximate surface area is 159 Å². The average molecular weight is 380 g/mol. The Balaban J connectivity index is 1.80. The van der Waals surface area contributed by atoms with Crippen LogP contribution in [-0.4, -0.2) is 31.5 Å². The van der Waals surface area contributed by atoms with Crippen molar-refractivity contribution in [2.24, 2.45) is 0 Å². The van der Waals surface area contributed by atoms with E-state index in [1.807, 2.05) is 12.1 Å². The number of ether oxygens (including phenoxy) is 3. The molecule has 0 aliphatic carbocycles. The van der Waals surface area contributed by atoms with Gasteiger partial charge in [0.25, 0.3) is 5.89 Å². The van der Waals surface area contributed by atoms with E-state index in [0.29, 0.717) is 28.4 Å². The van der Waals surface area contributed by atoms with Crippen molar-refractivity contribution in [3.63, 3.8) is 0 Å². The molecule has 0 aliphatic rings. The van der Waals surface area contributed by atoms with Gasteiger partial charge in [-0.05, 0) is 24.3 Å². The Morgan fingerprint density at radius 2 is 1.64 bits per heavy atom. The largest absolute Gasteiger partial charge is 0.493 e. The van der Waals surface area contributed by atoms with Crippen molar-refractivity contribution in [2.45, 2.75) is 0 Å². The number of benzene rings is 2. The molecule has 0 radical (unpaired) electrons. The molecule has 0 atom stereocenters. The van der Waals surface area contributed by atoms with Gasteiger partial charge in [0.2, 0.25) is 11.6 Å². The van der Waals surface area contributed by atoms with E-state index in [9.17, 15) is 4.79 Å². The lowest BCUT2D eigenvalue weighted by molar-refractivity contribution is 0.324. The molecular formula is C20H16N2O6. The summed E-state index contributed by atoms with van der Waals surface area (Å²) in [7, 11) is 4.55. The highest BCUT2D eigenvalue weighted by molar-refractivity contribution is 5.80. The minimum absolute atomic E-state index is 0.0586. The summed E-state index contributed by atoms with van der Waals surface area (Å²) in [6, 6.07) is 12.2. The predicted molar refractivity (Wildman–Crippen MR) is 101 cm³/mol. The van der Waals surface area contributed by atoms with Gasteiger partial charge in [0.15, 0.2) is 11.5 Å². The lowest BCUT2D eigenvalue weighted by atomic mass is 10.1. The number of fused-ring (bicyclic) bond motifs is 1. The molecule has 142 valence electrons. The summed E-state index contributed by atoms with van der Waals surface area (Å²) in [5.74, 6) is 1.68. The Morgan fingerprint density at radius 1 is 0.929 bits per heavy atom. The van der Waals surface area contributed by atoms with Crippen molar-refractivity contribution in [3.05, 3.63) is 52.9 Å². The Hall–Kier alpha value is -3.81. The van der Waals surface area contributed by atoms with E-state index in [1.165, 1.54) is 21.3 Å². The van der Waals surface area contributed by atoms with Gasteiger partial charge in [-0.2, -0.15) is 4.98 Å². The quantitative estimate of drug-likeness (QED) is 0.485. The molecule has 0 saturated heterocycles. The first-order chi connectivity index (χ1) is 13.6. The molecule has 0 saturated carbocycles. The summed E-state index contributed by atoms with van der Waals surface area (Å²) in [5, 5.41) is 4.73. The molecule has 8 nitrogen and oxygen atoms in total. The zero-order valence-electron chi connectivity index (χ0n) is 15.4. The minimum atomic E-state index is -0.557. The number of nitrogens with zero attached hydrogens (tertiary/aromatic N) is 2. The lowest BCUT2D eigenvalue weighted by Crippen LogP contribution is -2.02. The molecule has 4 rings (SSSR count). The third kappa shape index (κ3) is 2.94. The highest BCUT2D eigenvalue weighted by Gasteiger charge is 2.19. The van der Waals surface area contributed by atoms with Gasteiger partial charge >= 0.3 is 5.63 Å². The summed E-state index contributed by atoms with van der Waals surface area (Å²) in [6.07, 6.45) is 0. The number of para-hydroxylation sites is 1. The molecule has 0 fully saturated rings. The average Bonchev–Trinajstić information content (AvgIpc) is 3.22. The van der Waals surface area contributed by atoms with Crippen LogP contribution < -0.4 is 19.8 Å². The molecule has 0 bridgehead atoms. The van der Waals surface area contributed by atoms with Crippen molar-refractivity contribution in [2.75, 3.05) is 21.3 Å². The first kappa shape index (κ1) is 17.6. The number of rotatable bonds is 5. The molecule has 0 aliphatic heterocycles. The second-order valence-electron chi connectivity index (χ2n) is 5.82. The molecule has 2 aromatic heterocycles. The monoisotopic (exact) mass is 380 g/mol. The first-order valence-corrected chi connectivity index (χ1v) is 8.32. The summed E-state index contributed by atoms with van der Waals surface area (Å²) < 4.78 is 26.6. The van der Waals surface area contributed by atoms with Gasteiger partial charge in [-0.15, -0.1) is 0 Å². The van der Waals surface area contributed by atoms with Gasteiger partial charge in [0, 0.05) is 10.9 Å². The molecular weight excluding hydrogens is 364 g/mol. The summed E-state index contributed by atoms with van der Waals surface area (Å²) in [4.78, 5) is 16.6. The normalized spacial score (nSPS) is 10.8. The van der Waals surface area contributed by atoms with Gasteiger partial charge < -0.3 is 23.2 Å². The lowest BCUT2D eigenvalue weighted by Gasteiger charge is -2.12. The van der Waals surface area contributed by atoms with Crippen molar-refractivity contribution >= 4 is 11.0 Å². The van der Waals surface area contributed by atoms with Gasteiger partial charge in [-0.25, -0.2) is 4.79 Å². The first-order valence-electron chi connectivity index (χ1n) is 8.32. The summed E-state index contributed by atoms with van der Waals surface area (Å²) in [6.45, 7) is 0. The summed E-state index contributed by atoms with van der Waals surface area (Å²) >= 11 is 0. The molecule has 4 aromatic rings. The van der Waals surface area contributed by atoms with Crippen molar-refractivity contribution in [1.29, 1.82) is 0 Å². The highest BCUT2D eigenvalue weighted by Crippen LogP contribution is 2.40. The maximum absolute atomic E-state index is 12.3.